The average Bonchev–Trinajstić information content (AvgIpc) is 3.43. The first kappa shape index (κ1) is 20.3. The Bertz CT molecular complexity index is 1210. The molecule has 1 fully saturated rings. The summed E-state index contributed by atoms with van der Waals surface area (Å²) >= 11 is 0. The lowest BCUT2D eigenvalue weighted by molar-refractivity contribution is -0.0286. The Labute approximate surface area is 184 Å². The Morgan fingerprint density at radius 3 is 2.50 bits per heavy atom. The van der Waals surface area contributed by atoms with Crippen molar-refractivity contribution in [2.24, 2.45) is 5.92 Å². The van der Waals surface area contributed by atoms with Gasteiger partial charge in [0.05, 0.1) is 54.5 Å². The van der Waals surface area contributed by atoms with E-state index in [1.165, 1.54) is 6.20 Å². The lowest BCUT2D eigenvalue weighted by Crippen LogP contribution is -2.31. The third-order valence-corrected chi connectivity index (χ3v) is 6.19. The van der Waals surface area contributed by atoms with Gasteiger partial charge in [-0.1, -0.05) is 25.1 Å². The molecule has 164 valence electrons. The van der Waals surface area contributed by atoms with Crippen LogP contribution >= 0.6 is 0 Å². The van der Waals surface area contributed by atoms with Crippen LogP contribution in [0.25, 0.3) is 22.8 Å². The summed E-state index contributed by atoms with van der Waals surface area (Å²) in [5.41, 5.74) is 8.27. The minimum absolute atomic E-state index is 0.187. The van der Waals surface area contributed by atoms with Crippen molar-refractivity contribution in [1.82, 2.24) is 34.9 Å². The highest BCUT2D eigenvalue weighted by molar-refractivity contribution is 5.54. The molecular formula is C22H24N8O2. The first-order valence-corrected chi connectivity index (χ1v) is 10.5. The van der Waals surface area contributed by atoms with Gasteiger partial charge in [-0.15, -0.1) is 0 Å². The van der Waals surface area contributed by atoms with Gasteiger partial charge in [-0.05, 0) is 24.5 Å². The molecule has 0 spiro atoms. The van der Waals surface area contributed by atoms with Crippen LogP contribution in [0, 0.1) is 5.92 Å². The Hall–Kier alpha value is -3.66. The number of aromatic nitrogens is 7. The highest BCUT2D eigenvalue weighted by Crippen LogP contribution is 2.38. The van der Waals surface area contributed by atoms with E-state index < -0.39 is 5.41 Å². The molecule has 0 radical (unpaired) electrons. The molecule has 0 bridgehead atoms. The largest absolute Gasteiger partial charge is 0.382 e. The molecule has 10 nitrogen and oxygen atoms in total. The topological polar surface area (TPSA) is 131 Å². The summed E-state index contributed by atoms with van der Waals surface area (Å²) in [6, 6.07) is 4.20. The van der Waals surface area contributed by atoms with E-state index in [9.17, 15) is 0 Å². The monoisotopic (exact) mass is 432 g/mol. The quantitative estimate of drug-likeness (QED) is 0.488. The maximum Gasteiger partial charge on any atom is 0.261 e. The molecule has 0 amide bonds. The zero-order valence-electron chi connectivity index (χ0n) is 18.1. The predicted octanol–water partition coefficient (Wildman–Crippen LogP) is 2.90. The molecule has 0 aromatic carbocycles. The number of hydrogen-bond acceptors (Lipinski definition) is 9. The van der Waals surface area contributed by atoms with Gasteiger partial charge < -0.3 is 15.0 Å². The second-order valence-electron chi connectivity index (χ2n) is 8.44. The highest BCUT2D eigenvalue weighted by Gasteiger charge is 2.38. The van der Waals surface area contributed by atoms with Crippen LogP contribution < -0.4 is 5.73 Å². The second-order valence-corrected chi connectivity index (χ2v) is 8.44. The van der Waals surface area contributed by atoms with Crippen LogP contribution in [0.5, 0.6) is 0 Å². The van der Waals surface area contributed by atoms with Gasteiger partial charge in [0.15, 0.2) is 5.82 Å². The molecule has 32 heavy (non-hydrogen) atoms. The van der Waals surface area contributed by atoms with Crippen LogP contribution in [-0.2, 0) is 10.2 Å². The van der Waals surface area contributed by atoms with Gasteiger partial charge in [-0.3, -0.25) is 9.67 Å². The summed E-state index contributed by atoms with van der Waals surface area (Å²) in [4.78, 5) is 17.7. The van der Waals surface area contributed by atoms with Crippen LogP contribution in [0.4, 0.5) is 5.82 Å². The molecule has 2 N–H and O–H groups in total. The van der Waals surface area contributed by atoms with Crippen molar-refractivity contribution in [3.8, 4) is 22.8 Å². The van der Waals surface area contributed by atoms with Crippen molar-refractivity contribution >= 4 is 5.82 Å². The lowest BCUT2D eigenvalue weighted by Gasteiger charge is -2.30. The second kappa shape index (κ2) is 7.79. The van der Waals surface area contributed by atoms with E-state index in [-0.39, 0.29) is 12.0 Å². The lowest BCUT2D eigenvalue weighted by atomic mass is 9.73. The summed E-state index contributed by atoms with van der Waals surface area (Å²) in [6.07, 6.45) is 8.62. The minimum atomic E-state index is -0.502. The number of ether oxygens (including phenoxy) is 1. The molecule has 5 rings (SSSR count). The van der Waals surface area contributed by atoms with Gasteiger partial charge in [-0.25, -0.2) is 9.97 Å². The minimum Gasteiger partial charge on any atom is -0.382 e. The number of rotatable bonds is 6. The van der Waals surface area contributed by atoms with Gasteiger partial charge in [0.1, 0.15) is 11.5 Å². The van der Waals surface area contributed by atoms with E-state index >= 15 is 0 Å². The molecule has 1 unspecified atom stereocenters. The molecule has 1 aliphatic rings. The van der Waals surface area contributed by atoms with Crippen molar-refractivity contribution < 1.29 is 9.26 Å². The summed E-state index contributed by atoms with van der Waals surface area (Å²) in [7, 11) is 0. The van der Waals surface area contributed by atoms with Gasteiger partial charge >= 0.3 is 0 Å². The van der Waals surface area contributed by atoms with Crippen molar-refractivity contribution in [2.45, 2.75) is 32.2 Å². The molecule has 0 aliphatic carbocycles. The molecule has 0 saturated carbocycles. The Kier molecular flexibility index (Phi) is 4.93. The summed E-state index contributed by atoms with van der Waals surface area (Å²) < 4.78 is 12.7. The fourth-order valence-electron chi connectivity index (χ4n) is 3.62. The van der Waals surface area contributed by atoms with Gasteiger partial charge in [0.2, 0.25) is 0 Å². The number of hydrogen-bond donors (Lipinski definition) is 1. The van der Waals surface area contributed by atoms with Crippen LogP contribution in [0.3, 0.4) is 0 Å². The maximum atomic E-state index is 5.63. The fraction of sp³-hybridized carbons (Fsp3) is 0.364. The molecule has 4 aromatic heterocycles. The third kappa shape index (κ3) is 3.42. The average molecular weight is 432 g/mol. The highest BCUT2D eigenvalue weighted by atomic mass is 16.5. The van der Waals surface area contributed by atoms with Gasteiger partial charge in [0, 0.05) is 12.4 Å². The van der Waals surface area contributed by atoms with Crippen LogP contribution in [-0.4, -0.2) is 48.1 Å². The van der Waals surface area contributed by atoms with Crippen LogP contribution in [0.1, 0.15) is 38.2 Å². The zero-order chi connectivity index (χ0) is 22.3. The Morgan fingerprint density at radius 2 is 1.88 bits per heavy atom. The number of pyridine rings is 1. The Morgan fingerprint density at radius 1 is 1.06 bits per heavy atom. The third-order valence-electron chi connectivity index (χ3n) is 6.19. The molecule has 5 heterocycles. The van der Waals surface area contributed by atoms with Crippen molar-refractivity contribution in [3.05, 3.63) is 54.5 Å². The summed E-state index contributed by atoms with van der Waals surface area (Å²) in [6.45, 7) is 7.70. The van der Waals surface area contributed by atoms with E-state index in [1.807, 2.05) is 29.2 Å². The molecule has 1 aliphatic heterocycles. The van der Waals surface area contributed by atoms with E-state index in [0.29, 0.717) is 42.1 Å². The molecule has 1 atom stereocenters. The SMILES string of the molecule is CC(C)C(C)(c1ccc(-c2cnc(N)cn2)nc1)c1noc(-c2cnn(C3COC3)c2)n1. The van der Waals surface area contributed by atoms with Crippen molar-refractivity contribution in [1.29, 1.82) is 0 Å². The summed E-state index contributed by atoms with van der Waals surface area (Å²) in [5.74, 6) is 1.60. The number of nitrogens with zero attached hydrogens (tertiary/aromatic N) is 7. The maximum absolute atomic E-state index is 5.63. The molecule has 10 heteroatoms. The van der Waals surface area contributed by atoms with E-state index in [4.69, 9.17) is 20.0 Å². The number of anilines is 1. The van der Waals surface area contributed by atoms with Gasteiger partial charge in [0.25, 0.3) is 5.89 Å². The summed E-state index contributed by atoms with van der Waals surface area (Å²) in [5, 5.41) is 8.73. The first-order chi connectivity index (χ1) is 15.4. The van der Waals surface area contributed by atoms with Gasteiger partial charge in [-0.2, -0.15) is 10.1 Å². The number of nitrogens with two attached hydrogens (primary N) is 1. The van der Waals surface area contributed by atoms with E-state index in [1.54, 1.807) is 12.4 Å². The predicted molar refractivity (Wildman–Crippen MR) is 116 cm³/mol. The first-order valence-electron chi connectivity index (χ1n) is 10.5. The van der Waals surface area contributed by atoms with Crippen molar-refractivity contribution in [2.75, 3.05) is 18.9 Å². The van der Waals surface area contributed by atoms with Crippen molar-refractivity contribution in [3.63, 3.8) is 0 Å². The molecular weight excluding hydrogens is 408 g/mol. The molecule has 4 aromatic rings. The zero-order valence-corrected chi connectivity index (χ0v) is 18.1. The molecule has 1 saturated heterocycles. The van der Waals surface area contributed by atoms with E-state index in [0.717, 1.165) is 11.1 Å². The smallest absolute Gasteiger partial charge is 0.261 e. The van der Waals surface area contributed by atoms with E-state index in [2.05, 4.69) is 46.0 Å². The normalized spacial score (nSPS) is 16.1. The van der Waals surface area contributed by atoms with Crippen LogP contribution in [0.2, 0.25) is 0 Å². The number of nitrogen functional groups attached to an aromatic ring is 1. The standard InChI is InChI=1S/C22H24N8O2/c1-13(2)22(3,15-4-5-17(24-7-15)18-8-26-19(23)9-25-18)21-28-20(32-29-21)14-6-27-30(10-14)16-11-31-12-16/h4-10,13,16H,11-12H2,1-3H3,(H2,23,26). The fourth-order valence-corrected chi connectivity index (χ4v) is 3.62. The Balaban J connectivity index is 1.45. The van der Waals surface area contributed by atoms with Crippen LogP contribution in [0.15, 0.2) is 47.6 Å².